The molecule has 0 aliphatic carbocycles. The first-order valence-corrected chi connectivity index (χ1v) is 9.10. The lowest BCUT2D eigenvalue weighted by molar-refractivity contribution is 0.0748. The summed E-state index contributed by atoms with van der Waals surface area (Å²) in [5, 5.41) is 3.62. The van der Waals surface area contributed by atoms with Gasteiger partial charge in [0.05, 0.1) is 0 Å². The fourth-order valence-corrected chi connectivity index (χ4v) is 3.74. The minimum Gasteiger partial charge on any atom is -0.489 e. The van der Waals surface area contributed by atoms with Crippen LogP contribution in [0.5, 0.6) is 5.75 Å². The van der Waals surface area contributed by atoms with Crippen molar-refractivity contribution in [3.63, 3.8) is 0 Å². The summed E-state index contributed by atoms with van der Waals surface area (Å²) < 4.78 is 5.80. The van der Waals surface area contributed by atoms with E-state index in [1.165, 1.54) is 12.8 Å². The van der Waals surface area contributed by atoms with Crippen LogP contribution in [0.3, 0.4) is 0 Å². The molecule has 4 rings (SSSR count). The van der Waals surface area contributed by atoms with Crippen molar-refractivity contribution in [1.29, 1.82) is 0 Å². The third-order valence-electron chi connectivity index (χ3n) is 5.16. The highest BCUT2D eigenvalue weighted by molar-refractivity contribution is 5.94. The zero-order chi connectivity index (χ0) is 17.1. The number of nitrogens with one attached hydrogen (secondary N) is 1. The molecule has 2 aliphatic rings. The Bertz CT molecular complexity index is 714. The van der Waals surface area contributed by atoms with E-state index >= 15 is 0 Å². The third-order valence-corrected chi connectivity index (χ3v) is 5.16. The standard InChI is InChI=1S/C21H24N2O2/c24-21(23-13-12-18-8-9-19(14-23)22-18)17-6-10-20(11-7-17)25-15-16-4-2-1-3-5-16/h1-7,10-11,18-19,22H,8-9,12-15H2. The highest BCUT2D eigenvalue weighted by atomic mass is 16.5. The van der Waals surface area contributed by atoms with Gasteiger partial charge in [-0.15, -0.1) is 0 Å². The van der Waals surface area contributed by atoms with Crippen LogP contribution in [0.4, 0.5) is 0 Å². The number of amides is 1. The minimum atomic E-state index is 0.129. The molecule has 0 aromatic heterocycles. The summed E-state index contributed by atoms with van der Waals surface area (Å²) in [5.74, 6) is 0.918. The van der Waals surface area contributed by atoms with E-state index in [-0.39, 0.29) is 5.91 Å². The van der Waals surface area contributed by atoms with E-state index in [1.54, 1.807) is 0 Å². The Kier molecular flexibility index (Phi) is 4.70. The summed E-state index contributed by atoms with van der Waals surface area (Å²) in [7, 11) is 0. The minimum absolute atomic E-state index is 0.129. The van der Waals surface area contributed by atoms with Crippen molar-refractivity contribution in [2.24, 2.45) is 0 Å². The van der Waals surface area contributed by atoms with Crippen LogP contribution < -0.4 is 10.1 Å². The van der Waals surface area contributed by atoms with Crippen molar-refractivity contribution in [3.05, 3.63) is 65.7 Å². The summed E-state index contributed by atoms with van der Waals surface area (Å²) in [6.07, 6.45) is 3.49. The topological polar surface area (TPSA) is 41.6 Å². The highest BCUT2D eigenvalue weighted by Gasteiger charge is 2.31. The van der Waals surface area contributed by atoms with Gasteiger partial charge in [0.1, 0.15) is 12.4 Å². The second kappa shape index (κ2) is 7.28. The molecule has 4 heteroatoms. The molecule has 2 atom stereocenters. The molecule has 1 amide bonds. The van der Waals surface area contributed by atoms with E-state index < -0.39 is 0 Å². The molecule has 2 aliphatic heterocycles. The molecule has 0 saturated carbocycles. The molecule has 0 spiro atoms. The van der Waals surface area contributed by atoms with Gasteiger partial charge in [-0.25, -0.2) is 0 Å². The summed E-state index contributed by atoms with van der Waals surface area (Å²) in [6.45, 7) is 2.20. The lowest BCUT2D eigenvalue weighted by Gasteiger charge is -2.24. The lowest BCUT2D eigenvalue weighted by atomic mass is 10.1. The van der Waals surface area contributed by atoms with Gasteiger partial charge in [-0.1, -0.05) is 30.3 Å². The molecule has 25 heavy (non-hydrogen) atoms. The molecule has 2 aromatic rings. The van der Waals surface area contributed by atoms with Crippen molar-refractivity contribution in [2.75, 3.05) is 13.1 Å². The van der Waals surface area contributed by atoms with Gasteiger partial charge < -0.3 is 15.0 Å². The summed E-state index contributed by atoms with van der Waals surface area (Å²) in [6, 6.07) is 18.7. The third kappa shape index (κ3) is 3.85. The van der Waals surface area contributed by atoms with Crippen LogP contribution >= 0.6 is 0 Å². The molecule has 2 bridgehead atoms. The van der Waals surface area contributed by atoms with Gasteiger partial charge in [0.15, 0.2) is 0 Å². The van der Waals surface area contributed by atoms with Gasteiger partial charge in [-0.05, 0) is 49.1 Å². The van der Waals surface area contributed by atoms with E-state index in [2.05, 4.69) is 5.32 Å². The van der Waals surface area contributed by atoms with E-state index in [0.29, 0.717) is 18.7 Å². The Hall–Kier alpha value is -2.33. The number of hydrogen-bond donors (Lipinski definition) is 1. The van der Waals surface area contributed by atoms with Gasteiger partial charge in [0.25, 0.3) is 5.91 Å². The lowest BCUT2D eigenvalue weighted by Crippen LogP contribution is -2.39. The van der Waals surface area contributed by atoms with Crippen LogP contribution in [0.2, 0.25) is 0 Å². The molecule has 2 heterocycles. The normalized spacial score (nSPS) is 22.5. The maximum atomic E-state index is 12.8. The Labute approximate surface area is 148 Å². The van der Waals surface area contributed by atoms with Gasteiger partial charge in [0.2, 0.25) is 0 Å². The maximum Gasteiger partial charge on any atom is 0.253 e. The number of hydrogen-bond acceptors (Lipinski definition) is 3. The molecule has 2 fully saturated rings. The van der Waals surface area contributed by atoms with Crippen molar-refractivity contribution in [2.45, 2.75) is 38.0 Å². The SMILES string of the molecule is O=C(c1ccc(OCc2ccccc2)cc1)N1CCC2CCC(C1)N2. The first kappa shape index (κ1) is 16.2. The summed E-state index contributed by atoms with van der Waals surface area (Å²) >= 11 is 0. The molecular formula is C21H24N2O2. The van der Waals surface area contributed by atoms with Gasteiger partial charge in [-0.3, -0.25) is 4.79 Å². The summed E-state index contributed by atoms with van der Waals surface area (Å²) in [5.41, 5.74) is 1.87. The van der Waals surface area contributed by atoms with Crippen molar-refractivity contribution >= 4 is 5.91 Å². The van der Waals surface area contributed by atoms with Crippen molar-refractivity contribution in [1.82, 2.24) is 10.2 Å². The van der Waals surface area contributed by atoms with Crippen LogP contribution in [0.15, 0.2) is 54.6 Å². The number of likely N-dealkylation sites (tertiary alicyclic amines) is 1. The molecule has 0 radical (unpaired) electrons. The Morgan fingerprint density at radius 3 is 2.56 bits per heavy atom. The average Bonchev–Trinajstić information content (AvgIpc) is 2.99. The Morgan fingerprint density at radius 2 is 1.76 bits per heavy atom. The van der Waals surface area contributed by atoms with Crippen LogP contribution in [0.1, 0.15) is 35.2 Å². The molecule has 1 N–H and O–H groups in total. The zero-order valence-corrected chi connectivity index (χ0v) is 14.4. The number of benzene rings is 2. The first-order valence-electron chi connectivity index (χ1n) is 9.10. The van der Waals surface area contributed by atoms with Crippen LogP contribution in [0, 0.1) is 0 Å². The fraction of sp³-hybridized carbons (Fsp3) is 0.381. The molecule has 2 aromatic carbocycles. The smallest absolute Gasteiger partial charge is 0.253 e. The van der Waals surface area contributed by atoms with Crippen LogP contribution in [-0.4, -0.2) is 36.0 Å². The number of carbonyl (C=O) groups excluding carboxylic acids is 1. The number of nitrogens with zero attached hydrogens (tertiary/aromatic N) is 1. The highest BCUT2D eigenvalue weighted by Crippen LogP contribution is 2.22. The van der Waals surface area contributed by atoms with Gasteiger partial charge >= 0.3 is 0 Å². The van der Waals surface area contributed by atoms with E-state index in [9.17, 15) is 4.79 Å². The van der Waals surface area contributed by atoms with E-state index in [4.69, 9.17) is 4.74 Å². The second-order valence-corrected chi connectivity index (χ2v) is 6.98. The van der Waals surface area contributed by atoms with Crippen LogP contribution in [0.25, 0.3) is 0 Å². The van der Waals surface area contributed by atoms with Crippen LogP contribution in [-0.2, 0) is 6.61 Å². The second-order valence-electron chi connectivity index (χ2n) is 6.98. The quantitative estimate of drug-likeness (QED) is 0.932. The first-order chi connectivity index (χ1) is 12.3. The zero-order valence-electron chi connectivity index (χ0n) is 14.4. The molecule has 2 unspecified atom stereocenters. The molecule has 4 nitrogen and oxygen atoms in total. The Balaban J connectivity index is 1.37. The predicted molar refractivity (Wildman–Crippen MR) is 97.7 cm³/mol. The number of ether oxygens (including phenoxy) is 1. The van der Waals surface area contributed by atoms with E-state index in [0.717, 1.165) is 36.4 Å². The molecular weight excluding hydrogens is 312 g/mol. The van der Waals surface area contributed by atoms with E-state index in [1.807, 2.05) is 59.5 Å². The number of rotatable bonds is 4. The summed E-state index contributed by atoms with van der Waals surface area (Å²) in [4.78, 5) is 14.8. The predicted octanol–water partition coefficient (Wildman–Crippen LogP) is 3.23. The van der Waals surface area contributed by atoms with Crippen molar-refractivity contribution < 1.29 is 9.53 Å². The number of fused-ring (bicyclic) bond motifs is 2. The maximum absolute atomic E-state index is 12.8. The fourth-order valence-electron chi connectivity index (χ4n) is 3.74. The van der Waals surface area contributed by atoms with Crippen molar-refractivity contribution in [3.8, 4) is 5.75 Å². The average molecular weight is 336 g/mol. The Morgan fingerprint density at radius 1 is 1.00 bits per heavy atom. The monoisotopic (exact) mass is 336 g/mol. The largest absolute Gasteiger partial charge is 0.489 e. The van der Waals surface area contributed by atoms with Gasteiger partial charge in [-0.2, -0.15) is 0 Å². The number of carbonyl (C=O) groups is 1. The van der Waals surface area contributed by atoms with Gasteiger partial charge in [0, 0.05) is 30.7 Å². The molecule has 2 saturated heterocycles. The molecule has 130 valence electrons.